The summed E-state index contributed by atoms with van der Waals surface area (Å²) in [6.45, 7) is 4.00. The predicted octanol–water partition coefficient (Wildman–Crippen LogP) is 3.74. The molecular formula is C23H31N3O2. The van der Waals surface area contributed by atoms with Crippen molar-refractivity contribution in [3.8, 4) is 5.75 Å². The molecule has 1 atom stereocenters. The summed E-state index contributed by atoms with van der Waals surface area (Å²) in [5.74, 6) is 1.73. The highest BCUT2D eigenvalue weighted by Crippen LogP contribution is 2.36. The summed E-state index contributed by atoms with van der Waals surface area (Å²) in [5, 5.41) is 4.20. The Bertz CT molecular complexity index is 831. The predicted molar refractivity (Wildman–Crippen MR) is 111 cm³/mol. The van der Waals surface area contributed by atoms with Gasteiger partial charge in [-0.25, -0.2) is 0 Å². The molecule has 2 aliphatic heterocycles. The SMILES string of the molecule is O=C1CC(CN2CCC(Oc3cccc4c3ccn4C3CCCC3)CC2)CN1. The molecule has 1 aliphatic carbocycles. The van der Waals surface area contributed by atoms with E-state index in [0.717, 1.165) is 44.8 Å². The first-order valence-electron chi connectivity index (χ1n) is 11.0. The normalized spacial score (nSPS) is 24.9. The quantitative estimate of drug-likeness (QED) is 0.858. The molecule has 1 N–H and O–H groups in total. The maximum atomic E-state index is 11.4. The van der Waals surface area contributed by atoms with Crippen LogP contribution in [0.4, 0.5) is 0 Å². The van der Waals surface area contributed by atoms with Crippen LogP contribution < -0.4 is 10.1 Å². The second-order valence-corrected chi connectivity index (χ2v) is 8.84. The minimum absolute atomic E-state index is 0.209. The Morgan fingerprint density at radius 1 is 1.07 bits per heavy atom. The molecule has 2 aromatic rings. The van der Waals surface area contributed by atoms with Crippen LogP contribution in [0.5, 0.6) is 5.75 Å². The molecule has 0 bridgehead atoms. The number of amides is 1. The summed E-state index contributed by atoms with van der Waals surface area (Å²) < 4.78 is 8.94. The Hall–Kier alpha value is -2.01. The molecule has 5 rings (SSSR count). The summed E-state index contributed by atoms with van der Waals surface area (Å²) in [7, 11) is 0. The van der Waals surface area contributed by atoms with Crippen LogP contribution in [0.15, 0.2) is 30.5 Å². The summed E-state index contributed by atoms with van der Waals surface area (Å²) in [6.07, 6.45) is 10.7. The number of benzene rings is 1. The first-order valence-corrected chi connectivity index (χ1v) is 11.0. The van der Waals surface area contributed by atoms with Crippen molar-refractivity contribution >= 4 is 16.8 Å². The van der Waals surface area contributed by atoms with Crippen LogP contribution in [0.2, 0.25) is 0 Å². The van der Waals surface area contributed by atoms with Gasteiger partial charge in [-0.2, -0.15) is 0 Å². The number of piperidine rings is 1. The highest BCUT2D eigenvalue weighted by molar-refractivity contribution is 5.86. The Labute approximate surface area is 167 Å². The van der Waals surface area contributed by atoms with Crippen molar-refractivity contribution in [3.05, 3.63) is 30.5 Å². The molecule has 2 saturated heterocycles. The minimum Gasteiger partial charge on any atom is -0.490 e. The second kappa shape index (κ2) is 7.78. The van der Waals surface area contributed by atoms with E-state index in [9.17, 15) is 4.79 Å². The van der Waals surface area contributed by atoms with Crippen LogP contribution >= 0.6 is 0 Å². The number of aromatic nitrogens is 1. The van der Waals surface area contributed by atoms with E-state index in [-0.39, 0.29) is 5.91 Å². The van der Waals surface area contributed by atoms with E-state index < -0.39 is 0 Å². The molecule has 0 spiro atoms. The zero-order valence-electron chi connectivity index (χ0n) is 16.6. The van der Waals surface area contributed by atoms with Crippen molar-refractivity contribution in [2.24, 2.45) is 5.92 Å². The molecule has 1 saturated carbocycles. The van der Waals surface area contributed by atoms with Gasteiger partial charge in [0.15, 0.2) is 0 Å². The van der Waals surface area contributed by atoms with Crippen LogP contribution in [0, 0.1) is 5.92 Å². The number of ether oxygens (including phenoxy) is 1. The molecule has 5 heteroatoms. The van der Waals surface area contributed by atoms with E-state index in [1.54, 1.807) is 0 Å². The lowest BCUT2D eigenvalue weighted by Crippen LogP contribution is -2.41. The Balaban J connectivity index is 1.21. The zero-order chi connectivity index (χ0) is 18.9. The Morgan fingerprint density at radius 3 is 2.64 bits per heavy atom. The largest absolute Gasteiger partial charge is 0.490 e. The number of carbonyl (C=O) groups excluding carboxylic acids is 1. The fourth-order valence-electron chi connectivity index (χ4n) is 5.31. The van der Waals surface area contributed by atoms with Gasteiger partial charge in [0, 0.05) is 50.2 Å². The van der Waals surface area contributed by atoms with Crippen LogP contribution in [0.1, 0.15) is 51.0 Å². The van der Waals surface area contributed by atoms with Gasteiger partial charge in [0.1, 0.15) is 11.9 Å². The van der Waals surface area contributed by atoms with Crippen molar-refractivity contribution < 1.29 is 9.53 Å². The highest BCUT2D eigenvalue weighted by atomic mass is 16.5. The van der Waals surface area contributed by atoms with E-state index in [4.69, 9.17) is 4.74 Å². The van der Waals surface area contributed by atoms with Crippen molar-refractivity contribution in [2.45, 2.75) is 57.1 Å². The fourth-order valence-corrected chi connectivity index (χ4v) is 5.31. The molecule has 3 fully saturated rings. The van der Waals surface area contributed by atoms with Crippen LogP contribution in [-0.4, -0.2) is 47.7 Å². The van der Waals surface area contributed by atoms with E-state index >= 15 is 0 Å². The fraction of sp³-hybridized carbons (Fsp3) is 0.609. The first kappa shape index (κ1) is 18.0. The topological polar surface area (TPSA) is 46.5 Å². The lowest BCUT2D eigenvalue weighted by molar-refractivity contribution is -0.119. The molecule has 1 aromatic heterocycles. The number of nitrogens with one attached hydrogen (secondary N) is 1. The molecule has 1 aromatic carbocycles. The number of carbonyl (C=O) groups is 1. The van der Waals surface area contributed by atoms with Crippen molar-refractivity contribution in [1.82, 2.24) is 14.8 Å². The smallest absolute Gasteiger partial charge is 0.220 e. The van der Waals surface area contributed by atoms with Crippen LogP contribution in [0.3, 0.4) is 0 Å². The average molecular weight is 382 g/mol. The maximum absolute atomic E-state index is 11.4. The molecule has 0 radical (unpaired) electrons. The summed E-state index contributed by atoms with van der Waals surface area (Å²) in [5.41, 5.74) is 1.32. The van der Waals surface area contributed by atoms with Crippen molar-refractivity contribution in [2.75, 3.05) is 26.2 Å². The minimum atomic E-state index is 0.209. The molecule has 150 valence electrons. The van der Waals surface area contributed by atoms with E-state index in [1.165, 1.54) is 36.6 Å². The number of rotatable bonds is 5. The Kier molecular flexibility index (Phi) is 5.02. The van der Waals surface area contributed by atoms with Crippen molar-refractivity contribution in [1.29, 1.82) is 0 Å². The molecule has 5 nitrogen and oxygen atoms in total. The van der Waals surface area contributed by atoms with Gasteiger partial charge in [-0.05, 0) is 49.8 Å². The summed E-state index contributed by atoms with van der Waals surface area (Å²) in [4.78, 5) is 13.9. The van der Waals surface area contributed by atoms with Gasteiger partial charge in [-0.15, -0.1) is 0 Å². The van der Waals surface area contributed by atoms with Crippen LogP contribution in [0.25, 0.3) is 10.9 Å². The van der Waals surface area contributed by atoms with Gasteiger partial charge in [0.25, 0.3) is 0 Å². The number of fused-ring (bicyclic) bond motifs is 1. The molecule has 3 aliphatic rings. The first-order chi connectivity index (χ1) is 13.8. The van der Waals surface area contributed by atoms with E-state index in [0.29, 0.717) is 24.5 Å². The van der Waals surface area contributed by atoms with Gasteiger partial charge in [0.05, 0.1) is 5.52 Å². The summed E-state index contributed by atoms with van der Waals surface area (Å²) >= 11 is 0. The van der Waals surface area contributed by atoms with Gasteiger partial charge in [-0.1, -0.05) is 18.9 Å². The second-order valence-electron chi connectivity index (χ2n) is 8.84. The molecular weight excluding hydrogens is 350 g/mol. The standard InChI is InChI=1S/C23H31N3O2/c27-23-14-17(15-24-23)16-25-11-8-19(9-12-25)28-22-7-3-6-21-20(22)10-13-26(21)18-4-1-2-5-18/h3,6-7,10,13,17-19H,1-2,4-5,8-9,11-12,14-16H2,(H,24,27). The zero-order valence-corrected chi connectivity index (χ0v) is 16.6. The third-order valence-corrected chi connectivity index (χ3v) is 6.85. The third-order valence-electron chi connectivity index (χ3n) is 6.85. The van der Waals surface area contributed by atoms with Gasteiger partial charge >= 0.3 is 0 Å². The average Bonchev–Trinajstić information content (AvgIpc) is 3.44. The van der Waals surface area contributed by atoms with Gasteiger partial charge in [0.2, 0.25) is 5.91 Å². The van der Waals surface area contributed by atoms with E-state index in [2.05, 4.69) is 45.2 Å². The number of nitrogens with zero attached hydrogens (tertiary/aromatic N) is 2. The van der Waals surface area contributed by atoms with E-state index in [1.807, 2.05) is 0 Å². The molecule has 3 heterocycles. The number of hydrogen-bond donors (Lipinski definition) is 1. The third kappa shape index (κ3) is 3.64. The lowest BCUT2D eigenvalue weighted by atomic mass is 10.0. The number of likely N-dealkylation sites (tertiary alicyclic amines) is 1. The van der Waals surface area contributed by atoms with Crippen LogP contribution in [-0.2, 0) is 4.79 Å². The molecule has 1 amide bonds. The van der Waals surface area contributed by atoms with Gasteiger partial charge < -0.3 is 19.5 Å². The highest BCUT2D eigenvalue weighted by Gasteiger charge is 2.27. The Morgan fingerprint density at radius 2 is 1.89 bits per heavy atom. The molecule has 28 heavy (non-hydrogen) atoms. The maximum Gasteiger partial charge on any atom is 0.220 e. The van der Waals surface area contributed by atoms with Crippen molar-refractivity contribution in [3.63, 3.8) is 0 Å². The lowest BCUT2D eigenvalue weighted by Gasteiger charge is -2.33. The monoisotopic (exact) mass is 381 g/mol. The molecule has 1 unspecified atom stereocenters. The number of hydrogen-bond acceptors (Lipinski definition) is 3. The summed E-state index contributed by atoms with van der Waals surface area (Å²) in [6, 6.07) is 9.40. The van der Waals surface area contributed by atoms with Gasteiger partial charge in [-0.3, -0.25) is 4.79 Å².